The van der Waals surface area contributed by atoms with E-state index in [1.54, 1.807) is 0 Å². The predicted octanol–water partition coefficient (Wildman–Crippen LogP) is -1.72. The molecule has 1 rings (SSSR count). The summed E-state index contributed by atoms with van der Waals surface area (Å²) in [5.41, 5.74) is 0. The molecule has 9 heteroatoms. The second-order valence-corrected chi connectivity index (χ2v) is 2.67. The fourth-order valence-electron chi connectivity index (χ4n) is 0.914. The van der Waals surface area contributed by atoms with E-state index in [1.807, 2.05) is 0 Å². The van der Waals surface area contributed by atoms with Gasteiger partial charge < -0.3 is 23.4 Å². The third-order valence-corrected chi connectivity index (χ3v) is 1.68. The van der Waals surface area contributed by atoms with Crippen LogP contribution in [0, 0.1) is 0 Å². The summed E-state index contributed by atoms with van der Waals surface area (Å²) >= 11 is 0. The minimum absolute atomic E-state index is 0.119. The van der Waals surface area contributed by atoms with Crippen LogP contribution in [0.1, 0.15) is 0 Å². The summed E-state index contributed by atoms with van der Waals surface area (Å²) in [6.45, 7) is -0.119. The van der Waals surface area contributed by atoms with Gasteiger partial charge in [0, 0.05) is 0 Å². The topological polar surface area (TPSA) is 97.4 Å². The number of hydrogen-bond donors (Lipinski definition) is 0. The van der Waals surface area contributed by atoms with E-state index >= 15 is 0 Å². The Bertz CT molecular complexity index is 303. The molecule has 0 N–H and O–H groups in total. The van der Waals surface area contributed by atoms with Crippen LogP contribution in [0.25, 0.3) is 0 Å². The molecule has 1 saturated heterocycles. The van der Waals surface area contributed by atoms with Crippen LogP contribution in [-0.4, -0.2) is 52.2 Å². The molecule has 0 spiro atoms. The highest BCUT2D eigenvalue weighted by Crippen LogP contribution is 2.10. The highest BCUT2D eigenvalue weighted by molar-refractivity contribution is 6.46. The van der Waals surface area contributed by atoms with E-state index in [0.29, 0.717) is 0 Å². The van der Waals surface area contributed by atoms with Crippen LogP contribution in [0.15, 0.2) is 0 Å². The second kappa shape index (κ2) is 5.47. The molecular weight excluding hydrogens is 223 g/mol. The minimum Gasteiger partial charge on any atom is -0.476 e. The van der Waals surface area contributed by atoms with Gasteiger partial charge in [-0.05, 0) is 0 Å². The van der Waals surface area contributed by atoms with Crippen LogP contribution in [0.3, 0.4) is 0 Å². The van der Waals surface area contributed by atoms with Gasteiger partial charge in [0.2, 0.25) is 0 Å². The Morgan fingerprint density at radius 1 is 1.19 bits per heavy atom. The van der Waals surface area contributed by atoms with Crippen molar-refractivity contribution < 1.29 is 37.8 Å². The lowest BCUT2D eigenvalue weighted by Gasteiger charge is -2.06. The molecule has 0 aliphatic carbocycles. The molecule has 1 aliphatic rings. The number of esters is 2. The Labute approximate surface area is 90.9 Å². The van der Waals surface area contributed by atoms with Gasteiger partial charge in [-0.1, -0.05) is 0 Å². The molecule has 1 heterocycles. The molecule has 1 fully saturated rings. The largest absolute Gasteiger partial charge is 0.716 e. The summed E-state index contributed by atoms with van der Waals surface area (Å²) in [5.74, 6) is -3.11. The predicted molar refractivity (Wildman–Crippen MR) is 46.7 cm³/mol. The smallest absolute Gasteiger partial charge is 0.476 e. The van der Waals surface area contributed by atoms with Crippen molar-refractivity contribution in [3.63, 3.8) is 0 Å². The van der Waals surface area contributed by atoms with Crippen LogP contribution in [0.4, 0.5) is 0 Å². The second-order valence-electron chi connectivity index (χ2n) is 2.67. The summed E-state index contributed by atoms with van der Waals surface area (Å²) in [5, 5.41) is 0. The van der Waals surface area contributed by atoms with Crippen molar-refractivity contribution in [2.75, 3.05) is 20.8 Å². The van der Waals surface area contributed by atoms with Crippen LogP contribution in [-0.2, 0) is 37.8 Å². The standard InChI is InChI=1S/C7H9BO8/c1-12-5(9)4-3-14-8(15-4)16-7(11)6(10)13-2/h4H,3H2,1-2H3. The first-order valence-corrected chi connectivity index (χ1v) is 4.22. The summed E-state index contributed by atoms with van der Waals surface area (Å²) in [6, 6.07) is 0. The van der Waals surface area contributed by atoms with Gasteiger partial charge >= 0.3 is 25.2 Å². The van der Waals surface area contributed by atoms with E-state index in [4.69, 9.17) is 9.31 Å². The zero-order valence-corrected chi connectivity index (χ0v) is 8.63. The summed E-state index contributed by atoms with van der Waals surface area (Å²) < 4.78 is 22.5. The molecule has 1 aliphatic heterocycles. The van der Waals surface area contributed by atoms with Crippen molar-refractivity contribution in [3.05, 3.63) is 0 Å². The number of ether oxygens (including phenoxy) is 2. The maximum atomic E-state index is 11.0. The Balaban J connectivity index is 2.40. The van der Waals surface area contributed by atoms with Crippen LogP contribution >= 0.6 is 0 Å². The zero-order chi connectivity index (χ0) is 12.1. The van der Waals surface area contributed by atoms with Crippen LogP contribution in [0.2, 0.25) is 0 Å². The van der Waals surface area contributed by atoms with Crippen molar-refractivity contribution in [1.82, 2.24) is 0 Å². The average molecular weight is 232 g/mol. The SMILES string of the molecule is COC(=O)C(=O)OB1OCC(C(=O)OC)O1. The molecule has 0 amide bonds. The van der Waals surface area contributed by atoms with Gasteiger partial charge in [0.1, 0.15) is 0 Å². The van der Waals surface area contributed by atoms with E-state index in [-0.39, 0.29) is 6.61 Å². The molecule has 1 atom stereocenters. The fraction of sp³-hybridized carbons (Fsp3) is 0.571. The first kappa shape index (κ1) is 12.5. The molecule has 0 aromatic heterocycles. The summed E-state index contributed by atoms with van der Waals surface area (Å²) in [4.78, 5) is 32.6. The number of carbonyl (C=O) groups excluding carboxylic acids is 3. The normalized spacial score (nSPS) is 19.1. The van der Waals surface area contributed by atoms with E-state index in [0.717, 1.165) is 7.11 Å². The lowest BCUT2D eigenvalue weighted by molar-refractivity contribution is -0.162. The average Bonchev–Trinajstić information content (AvgIpc) is 2.75. The lowest BCUT2D eigenvalue weighted by Crippen LogP contribution is -2.31. The fourth-order valence-corrected chi connectivity index (χ4v) is 0.914. The van der Waals surface area contributed by atoms with Gasteiger partial charge in [-0.3, -0.25) is 0 Å². The molecule has 16 heavy (non-hydrogen) atoms. The molecule has 0 saturated carbocycles. The first-order valence-electron chi connectivity index (χ1n) is 4.22. The van der Waals surface area contributed by atoms with Crippen molar-refractivity contribution in [2.45, 2.75) is 6.10 Å². The van der Waals surface area contributed by atoms with Gasteiger partial charge in [0.25, 0.3) is 0 Å². The molecule has 0 radical (unpaired) electrons. The Morgan fingerprint density at radius 2 is 1.88 bits per heavy atom. The maximum absolute atomic E-state index is 11.0. The van der Waals surface area contributed by atoms with E-state index < -0.39 is 31.3 Å². The van der Waals surface area contributed by atoms with E-state index in [2.05, 4.69) is 14.1 Å². The lowest BCUT2D eigenvalue weighted by atomic mass is 10.2. The molecule has 8 nitrogen and oxygen atoms in total. The zero-order valence-electron chi connectivity index (χ0n) is 8.63. The number of rotatable bonds is 2. The Hall–Kier alpha value is -1.61. The first-order chi connectivity index (χ1) is 7.58. The van der Waals surface area contributed by atoms with Gasteiger partial charge in [-0.2, -0.15) is 0 Å². The highest BCUT2D eigenvalue weighted by atomic mass is 16.8. The van der Waals surface area contributed by atoms with Crippen LogP contribution < -0.4 is 0 Å². The van der Waals surface area contributed by atoms with Gasteiger partial charge in [-0.15, -0.1) is 0 Å². The minimum atomic E-state index is -1.41. The van der Waals surface area contributed by atoms with Crippen molar-refractivity contribution in [1.29, 1.82) is 0 Å². The van der Waals surface area contributed by atoms with Gasteiger partial charge in [0.15, 0.2) is 6.10 Å². The number of carbonyl (C=O) groups is 3. The number of hydrogen-bond acceptors (Lipinski definition) is 8. The maximum Gasteiger partial charge on any atom is 0.716 e. The van der Waals surface area contributed by atoms with Crippen LogP contribution in [0.5, 0.6) is 0 Å². The molecular formula is C7H9BO8. The van der Waals surface area contributed by atoms with Crippen molar-refractivity contribution >= 4 is 25.2 Å². The van der Waals surface area contributed by atoms with Crippen molar-refractivity contribution in [3.8, 4) is 0 Å². The Kier molecular flexibility index (Phi) is 4.26. The Morgan fingerprint density at radius 3 is 2.44 bits per heavy atom. The monoisotopic (exact) mass is 232 g/mol. The quantitative estimate of drug-likeness (QED) is 0.315. The molecule has 0 aromatic rings. The van der Waals surface area contributed by atoms with Crippen molar-refractivity contribution in [2.24, 2.45) is 0 Å². The third kappa shape index (κ3) is 2.94. The number of methoxy groups -OCH3 is 2. The molecule has 0 bridgehead atoms. The van der Waals surface area contributed by atoms with E-state index in [9.17, 15) is 14.4 Å². The third-order valence-electron chi connectivity index (χ3n) is 1.68. The van der Waals surface area contributed by atoms with Gasteiger partial charge in [0.05, 0.1) is 20.8 Å². The van der Waals surface area contributed by atoms with E-state index in [1.165, 1.54) is 7.11 Å². The highest BCUT2D eigenvalue weighted by Gasteiger charge is 2.42. The molecule has 1 unspecified atom stereocenters. The summed E-state index contributed by atoms with van der Waals surface area (Å²) in [7, 11) is 0.798. The molecule has 0 aromatic carbocycles. The van der Waals surface area contributed by atoms with Gasteiger partial charge in [-0.25, -0.2) is 14.4 Å². The molecule has 88 valence electrons. The summed E-state index contributed by atoms with van der Waals surface area (Å²) in [6.07, 6.45) is -0.972.